The monoisotopic (exact) mass is 753 g/mol. The minimum atomic E-state index is -1.39. The lowest BCUT2D eigenvalue weighted by Gasteiger charge is -2.15. The number of aliphatic hydroxyl groups is 1. The Bertz CT molecular complexity index is 1180. The molecule has 0 fully saturated rings. The van der Waals surface area contributed by atoms with E-state index in [0.717, 1.165) is 103 Å². The van der Waals surface area contributed by atoms with E-state index in [2.05, 4.69) is 103 Å². The van der Waals surface area contributed by atoms with Gasteiger partial charge in [0.15, 0.2) is 0 Å². The predicted molar refractivity (Wildman–Crippen MR) is 222 cm³/mol. The van der Waals surface area contributed by atoms with Gasteiger partial charge < -0.3 is 25.6 Å². The van der Waals surface area contributed by atoms with E-state index in [1.54, 1.807) is 0 Å². The number of carboxylic acid groups (broad SMARTS) is 1. The molecular formula is C45H72N2O7. The number of unbranched alkanes of at least 4 members (excludes halogenated alkanes) is 9. The van der Waals surface area contributed by atoms with Crippen LogP contribution in [0.1, 0.15) is 149 Å². The summed E-state index contributed by atoms with van der Waals surface area (Å²) in [6.07, 6.45) is 49.1. The number of allylic oxidation sites excluding steroid dienone is 13. The molecule has 54 heavy (non-hydrogen) atoms. The lowest BCUT2D eigenvalue weighted by atomic mass is 10.1. The van der Waals surface area contributed by atoms with E-state index >= 15 is 0 Å². The number of carboxylic acids is 1. The number of carbonyl (C=O) groups excluding carboxylic acids is 3. The van der Waals surface area contributed by atoms with Crippen molar-refractivity contribution in [3.63, 3.8) is 0 Å². The maximum Gasteiger partial charge on any atom is 0.328 e. The van der Waals surface area contributed by atoms with Crippen molar-refractivity contribution in [2.75, 3.05) is 13.2 Å². The number of amides is 2. The van der Waals surface area contributed by atoms with E-state index in [1.807, 2.05) is 6.08 Å². The largest absolute Gasteiger partial charge is 0.480 e. The summed E-state index contributed by atoms with van der Waals surface area (Å²) in [7, 11) is 0. The second kappa shape index (κ2) is 38.7. The van der Waals surface area contributed by atoms with Gasteiger partial charge in [-0.3, -0.25) is 14.4 Å². The normalized spacial score (nSPS) is 13.4. The first kappa shape index (κ1) is 50.0. The maximum atomic E-state index is 12.7. The van der Waals surface area contributed by atoms with Gasteiger partial charge in [0.25, 0.3) is 0 Å². The number of aliphatic hydroxyl groups excluding tert-OH is 1. The van der Waals surface area contributed by atoms with Crippen LogP contribution in [0.3, 0.4) is 0 Å². The molecular weight excluding hydrogens is 681 g/mol. The van der Waals surface area contributed by atoms with E-state index in [4.69, 9.17) is 14.9 Å². The van der Waals surface area contributed by atoms with Crippen LogP contribution in [0.5, 0.6) is 0 Å². The fraction of sp³-hybridized carbons (Fsp3) is 0.600. The first-order valence-electron chi connectivity index (χ1n) is 20.5. The number of rotatable bonds is 35. The van der Waals surface area contributed by atoms with Crippen molar-refractivity contribution in [1.29, 1.82) is 0 Å². The predicted octanol–water partition coefficient (Wildman–Crippen LogP) is 9.70. The SMILES string of the molecule is CC/C=C\C/C=C\C/C=C\C/C=C\C(CCCCCCCC(=O)NCC(=O)NC(CO)C(=O)O)OC(=O)CCCCCCC/C=C\C/C=C\C/C=C\CC. The average molecular weight is 753 g/mol. The molecule has 0 heterocycles. The van der Waals surface area contributed by atoms with Crippen LogP contribution < -0.4 is 10.6 Å². The van der Waals surface area contributed by atoms with Gasteiger partial charge in [-0.15, -0.1) is 0 Å². The van der Waals surface area contributed by atoms with Crippen LogP contribution in [-0.4, -0.2) is 59.3 Å². The van der Waals surface area contributed by atoms with Gasteiger partial charge in [0.05, 0.1) is 13.2 Å². The third-order valence-electron chi connectivity index (χ3n) is 8.37. The quantitative estimate of drug-likeness (QED) is 0.0287. The number of carbonyl (C=O) groups is 4. The fourth-order valence-corrected chi connectivity index (χ4v) is 5.28. The standard InChI is InChI=1S/C45H72N2O7/c1-3-5-7-9-11-13-15-16-17-18-20-22-24-29-33-37-44(51)54-40(34-30-26-23-21-19-14-12-10-8-6-4-2)35-31-27-25-28-32-36-42(49)46-38-43(50)47-41(39-48)45(52)53/h5-8,11-14,16-17,21,23,30,34,40-41,48H,3-4,9-10,15,18-20,22,24-29,31-33,35-39H2,1-2H3,(H,46,49)(H,47,50)(H,52,53)/b7-5-,8-6-,13-11-,14-12-,17-16-,23-21-,34-30-. The topological polar surface area (TPSA) is 142 Å². The Morgan fingerprint density at radius 3 is 1.61 bits per heavy atom. The maximum absolute atomic E-state index is 12.7. The minimum absolute atomic E-state index is 0.141. The molecule has 0 radical (unpaired) electrons. The highest BCUT2D eigenvalue weighted by molar-refractivity contribution is 5.87. The molecule has 4 N–H and O–H groups in total. The molecule has 0 rings (SSSR count). The second-order valence-corrected chi connectivity index (χ2v) is 13.3. The van der Waals surface area contributed by atoms with Crippen molar-refractivity contribution in [2.45, 2.75) is 161 Å². The molecule has 0 aromatic heterocycles. The van der Waals surface area contributed by atoms with E-state index in [1.165, 1.54) is 12.8 Å². The van der Waals surface area contributed by atoms with Gasteiger partial charge in [-0.1, -0.05) is 131 Å². The van der Waals surface area contributed by atoms with Gasteiger partial charge in [0.1, 0.15) is 12.1 Å². The zero-order valence-corrected chi connectivity index (χ0v) is 33.4. The summed E-state index contributed by atoms with van der Waals surface area (Å²) in [5, 5.41) is 22.5. The van der Waals surface area contributed by atoms with Crippen molar-refractivity contribution >= 4 is 23.8 Å². The van der Waals surface area contributed by atoms with E-state index in [9.17, 15) is 19.2 Å². The Morgan fingerprint density at radius 1 is 0.574 bits per heavy atom. The Morgan fingerprint density at radius 2 is 1.06 bits per heavy atom. The molecule has 0 aromatic rings. The van der Waals surface area contributed by atoms with Crippen molar-refractivity contribution in [2.24, 2.45) is 0 Å². The highest BCUT2D eigenvalue weighted by Crippen LogP contribution is 2.15. The molecule has 9 nitrogen and oxygen atoms in total. The molecule has 0 saturated heterocycles. The van der Waals surface area contributed by atoms with E-state index < -0.39 is 24.5 Å². The van der Waals surface area contributed by atoms with Gasteiger partial charge in [-0.05, 0) is 89.5 Å². The molecule has 0 bridgehead atoms. The summed E-state index contributed by atoms with van der Waals surface area (Å²) < 4.78 is 5.89. The van der Waals surface area contributed by atoms with Crippen LogP contribution >= 0.6 is 0 Å². The summed E-state index contributed by atoms with van der Waals surface area (Å²) >= 11 is 0. The first-order valence-corrected chi connectivity index (χ1v) is 20.5. The molecule has 2 amide bonds. The lowest BCUT2D eigenvalue weighted by molar-refractivity contribution is -0.147. The number of hydrogen-bond acceptors (Lipinski definition) is 6. The Labute approximate surface area is 326 Å². The van der Waals surface area contributed by atoms with Gasteiger partial charge in [0, 0.05) is 12.8 Å². The molecule has 0 aliphatic heterocycles. The van der Waals surface area contributed by atoms with Crippen molar-refractivity contribution in [3.05, 3.63) is 85.1 Å². The molecule has 2 atom stereocenters. The lowest BCUT2D eigenvalue weighted by Crippen LogP contribution is -2.47. The summed E-state index contributed by atoms with van der Waals surface area (Å²) in [5.74, 6) is -2.43. The smallest absolute Gasteiger partial charge is 0.328 e. The summed E-state index contributed by atoms with van der Waals surface area (Å²) in [6, 6.07) is -1.39. The highest BCUT2D eigenvalue weighted by atomic mass is 16.5. The van der Waals surface area contributed by atoms with Gasteiger partial charge in [-0.2, -0.15) is 0 Å². The number of ether oxygens (including phenoxy) is 1. The fourth-order valence-electron chi connectivity index (χ4n) is 5.28. The van der Waals surface area contributed by atoms with Crippen molar-refractivity contribution in [1.82, 2.24) is 10.6 Å². The number of aliphatic carboxylic acids is 1. The van der Waals surface area contributed by atoms with Crippen LogP contribution in [0.2, 0.25) is 0 Å². The van der Waals surface area contributed by atoms with E-state index in [0.29, 0.717) is 12.8 Å². The summed E-state index contributed by atoms with van der Waals surface area (Å²) in [5.41, 5.74) is 0. The van der Waals surface area contributed by atoms with Crippen LogP contribution in [0, 0.1) is 0 Å². The number of nitrogens with one attached hydrogen (secondary N) is 2. The van der Waals surface area contributed by atoms with Crippen LogP contribution in [0.15, 0.2) is 85.1 Å². The zero-order valence-electron chi connectivity index (χ0n) is 33.4. The van der Waals surface area contributed by atoms with Crippen molar-refractivity contribution in [3.8, 4) is 0 Å². The molecule has 304 valence electrons. The third-order valence-corrected chi connectivity index (χ3v) is 8.37. The van der Waals surface area contributed by atoms with Crippen molar-refractivity contribution < 1.29 is 34.1 Å². The highest BCUT2D eigenvalue weighted by Gasteiger charge is 2.18. The molecule has 0 aromatic carbocycles. The first-order chi connectivity index (χ1) is 26.3. The van der Waals surface area contributed by atoms with E-state index in [-0.39, 0.29) is 30.9 Å². The summed E-state index contributed by atoms with van der Waals surface area (Å²) in [6.45, 7) is 3.21. The third kappa shape index (κ3) is 35.1. The van der Waals surface area contributed by atoms with Crippen LogP contribution in [-0.2, 0) is 23.9 Å². The van der Waals surface area contributed by atoms with Gasteiger partial charge >= 0.3 is 11.9 Å². The average Bonchev–Trinajstić information content (AvgIpc) is 3.15. The molecule has 9 heteroatoms. The molecule has 0 aliphatic carbocycles. The summed E-state index contributed by atoms with van der Waals surface area (Å²) in [4.78, 5) is 47.5. The molecule has 0 aliphatic rings. The number of hydrogen-bond donors (Lipinski definition) is 4. The van der Waals surface area contributed by atoms with Gasteiger partial charge in [0.2, 0.25) is 11.8 Å². The second-order valence-electron chi connectivity index (χ2n) is 13.3. The van der Waals surface area contributed by atoms with Crippen LogP contribution in [0.4, 0.5) is 0 Å². The van der Waals surface area contributed by atoms with Crippen LogP contribution in [0.25, 0.3) is 0 Å². The molecule has 0 spiro atoms. The Balaban J connectivity index is 4.48. The molecule has 0 saturated carbocycles. The number of esters is 1. The zero-order chi connectivity index (χ0) is 39.7. The molecule has 2 unspecified atom stereocenters. The Hall–Kier alpha value is -3.98. The Kier molecular flexibility index (Phi) is 35.9. The van der Waals surface area contributed by atoms with Gasteiger partial charge in [-0.25, -0.2) is 4.79 Å². The minimum Gasteiger partial charge on any atom is -0.480 e.